The molecule has 0 aromatic carbocycles. The molecule has 0 radical (unpaired) electrons. The molecule has 0 aromatic heterocycles. The van der Waals surface area contributed by atoms with Gasteiger partial charge in [-0.15, -0.1) is 0 Å². The first kappa shape index (κ1) is 9.77. The molecule has 13 heavy (non-hydrogen) atoms. The standard InChI is InChI=1S/C9H14N2O2/c1-4-6-8(12)11-7(5(2)3)9(13)10-6/h4-5,7H,1-3H3,(H,10,13)(H,11,12)/b6-4+. The van der Waals surface area contributed by atoms with Gasteiger partial charge >= 0.3 is 0 Å². The Morgan fingerprint density at radius 2 is 2.00 bits per heavy atom. The molecule has 0 aliphatic carbocycles. The first-order chi connectivity index (χ1) is 6.06. The van der Waals surface area contributed by atoms with Crippen molar-refractivity contribution in [2.24, 2.45) is 5.92 Å². The summed E-state index contributed by atoms with van der Waals surface area (Å²) in [6, 6.07) is -0.406. The van der Waals surface area contributed by atoms with Gasteiger partial charge in [0.25, 0.3) is 5.91 Å². The minimum atomic E-state index is -0.406. The molecule has 2 N–H and O–H groups in total. The third kappa shape index (κ3) is 1.88. The molecule has 1 aliphatic rings. The van der Waals surface area contributed by atoms with E-state index in [0.717, 1.165) is 0 Å². The predicted molar refractivity (Wildman–Crippen MR) is 48.7 cm³/mol. The molecule has 0 aromatic rings. The highest BCUT2D eigenvalue weighted by Gasteiger charge is 2.30. The number of carbonyl (C=O) groups excluding carboxylic acids is 2. The molecule has 0 spiro atoms. The summed E-state index contributed by atoms with van der Waals surface area (Å²) in [5.41, 5.74) is 0.335. The maximum absolute atomic E-state index is 11.4. The largest absolute Gasteiger partial charge is 0.339 e. The lowest BCUT2D eigenvalue weighted by Gasteiger charge is -2.27. The fraction of sp³-hybridized carbons (Fsp3) is 0.556. The maximum atomic E-state index is 11.4. The molecule has 1 rings (SSSR count). The van der Waals surface area contributed by atoms with E-state index in [1.807, 2.05) is 13.8 Å². The molecular weight excluding hydrogens is 168 g/mol. The first-order valence-electron chi connectivity index (χ1n) is 4.34. The van der Waals surface area contributed by atoms with Crippen molar-refractivity contribution in [2.75, 3.05) is 0 Å². The Hall–Kier alpha value is -1.32. The van der Waals surface area contributed by atoms with Gasteiger partial charge in [0, 0.05) is 0 Å². The van der Waals surface area contributed by atoms with Crippen LogP contribution in [0.4, 0.5) is 0 Å². The highest BCUT2D eigenvalue weighted by molar-refractivity contribution is 6.04. The SMILES string of the molecule is C/C=C1/NC(=O)C(C(C)C)NC1=O. The first-order valence-corrected chi connectivity index (χ1v) is 4.34. The van der Waals surface area contributed by atoms with Crippen LogP contribution in [0.5, 0.6) is 0 Å². The Labute approximate surface area is 77.4 Å². The highest BCUT2D eigenvalue weighted by Crippen LogP contribution is 2.08. The van der Waals surface area contributed by atoms with Crippen LogP contribution >= 0.6 is 0 Å². The molecular formula is C9H14N2O2. The molecule has 1 heterocycles. The molecule has 0 bridgehead atoms. The van der Waals surface area contributed by atoms with Crippen LogP contribution in [-0.4, -0.2) is 17.9 Å². The van der Waals surface area contributed by atoms with Gasteiger partial charge in [0.05, 0.1) is 0 Å². The van der Waals surface area contributed by atoms with Gasteiger partial charge < -0.3 is 10.6 Å². The van der Waals surface area contributed by atoms with Crippen LogP contribution in [0.2, 0.25) is 0 Å². The number of piperazine rings is 1. The topological polar surface area (TPSA) is 58.2 Å². The number of amides is 2. The molecule has 1 atom stereocenters. The summed E-state index contributed by atoms with van der Waals surface area (Å²) in [5.74, 6) is -0.231. The summed E-state index contributed by atoms with van der Waals surface area (Å²) in [7, 11) is 0. The van der Waals surface area contributed by atoms with Gasteiger partial charge in [0.1, 0.15) is 11.7 Å². The number of carbonyl (C=O) groups is 2. The summed E-state index contributed by atoms with van der Waals surface area (Å²) in [6.45, 7) is 5.50. The second-order valence-corrected chi connectivity index (χ2v) is 3.39. The maximum Gasteiger partial charge on any atom is 0.268 e. The van der Waals surface area contributed by atoms with E-state index in [2.05, 4.69) is 10.6 Å². The minimum absolute atomic E-state index is 0.113. The van der Waals surface area contributed by atoms with Crippen LogP contribution in [0.15, 0.2) is 11.8 Å². The lowest BCUT2D eigenvalue weighted by Crippen LogP contribution is -2.56. The third-order valence-corrected chi connectivity index (χ3v) is 2.03. The molecule has 0 saturated carbocycles. The fourth-order valence-corrected chi connectivity index (χ4v) is 1.22. The van der Waals surface area contributed by atoms with Crippen molar-refractivity contribution in [1.82, 2.24) is 10.6 Å². The quantitative estimate of drug-likeness (QED) is 0.567. The van der Waals surface area contributed by atoms with Gasteiger partial charge in [-0.2, -0.15) is 0 Å². The zero-order valence-electron chi connectivity index (χ0n) is 8.05. The molecule has 1 fully saturated rings. The monoisotopic (exact) mass is 182 g/mol. The van der Waals surface area contributed by atoms with Crippen molar-refractivity contribution in [2.45, 2.75) is 26.8 Å². The summed E-state index contributed by atoms with van der Waals surface area (Å²) in [6.07, 6.45) is 1.59. The van der Waals surface area contributed by atoms with E-state index in [4.69, 9.17) is 0 Å². The molecule has 72 valence electrons. The van der Waals surface area contributed by atoms with Gasteiger partial charge in [-0.25, -0.2) is 0 Å². The highest BCUT2D eigenvalue weighted by atomic mass is 16.2. The van der Waals surface area contributed by atoms with Crippen molar-refractivity contribution in [1.29, 1.82) is 0 Å². The second-order valence-electron chi connectivity index (χ2n) is 3.39. The Kier molecular flexibility index (Phi) is 2.70. The fourth-order valence-electron chi connectivity index (χ4n) is 1.22. The van der Waals surface area contributed by atoms with Gasteiger partial charge in [-0.05, 0) is 12.8 Å². The third-order valence-electron chi connectivity index (χ3n) is 2.03. The van der Waals surface area contributed by atoms with E-state index in [-0.39, 0.29) is 17.7 Å². The minimum Gasteiger partial charge on any atom is -0.339 e. The van der Waals surface area contributed by atoms with E-state index in [9.17, 15) is 9.59 Å². The average molecular weight is 182 g/mol. The molecule has 1 unspecified atom stereocenters. The number of hydrogen-bond donors (Lipinski definition) is 2. The Morgan fingerprint density at radius 3 is 2.46 bits per heavy atom. The number of nitrogens with one attached hydrogen (secondary N) is 2. The lowest BCUT2D eigenvalue weighted by molar-refractivity contribution is -0.132. The van der Waals surface area contributed by atoms with Crippen LogP contribution in [0.1, 0.15) is 20.8 Å². The Morgan fingerprint density at radius 1 is 1.38 bits per heavy atom. The van der Waals surface area contributed by atoms with Crippen LogP contribution in [0.25, 0.3) is 0 Å². The van der Waals surface area contributed by atoms with Crippen LogP contribution in [-0.2, 0) is 9.59 Å². The molecule has 1 saturated heterocycles. The van der Waals surface area contributed by atoms with Gasteiger partial charge in [0.2, 0.25) is 5.91 Å². The predicted octanol–water partition coefficient (Wildman–Crippen LogP) is 0.161. The van der Waals surface area contributed by atoms with E-state index in [0.29, 0.717) is 5.70 Å². The summed E-state index contributed by atoms with van der Waals surface area (Å²) in [5, 5.41) is 5.20. The van der Waals surface area contributed by atoms with E-state index in [1.165, 1.54) is 0 Å². The number of allylic oxidation sites excluding steroid dienone is 1. The molecule has 2 amide bonds. The lowest BCUT2D eigenvalue weighted by atomic mass is 10.0. The zero-order valence-corrected chi connectivity index (χ0v) is 8.05. The van der Waals surface area contributed by atoms with Gasteiger partial charge in [-0.1, -0.05) is 19.9 Å². The summed E-state index contributed by atoms with van der Waals surface area (Å²) < 4.78 is 0. The summed E-state index contributed by atoms with van der Waals surface area (Å²) in [4.78, 5) is 22.7. The number of rotatable bonds is 1. The Bertz CT molecular complexity index is 269. The summed E-state index contributed by atoms with van der Waals surface area (Å²) >= 11 is 0. The normalized spacial score (nSPS) is 26.2. The van der Waals surface area contributed by atoms with Crippen molar-refractivity contribution >= 4 is 11.8 Å². The van der Waals surface area contributed by atoms with Gasteiger partial charge in [-0.3, -0.25) is 9.59 Å². The van der Waals surface area contributed by atoms with Crippen LogP contribution in [0, 0.1) is 5.92 Å². The van der Waals surface area contributed by atoms with E-state index < -0.39 is 6.04 Å². The van der Waals surface area contributed by atoms with Crippen LogP contribution in [0.3, 0.4) is 0 Å². The zero-order chi connectivity index (χ0) is 10.0. The van der Waals surface area contributed by atoms with Crippen molar-refractivity contribution in [3.05, 3.63) is 11.8 Å². The molecule has 4 heteroatoms. The van der Waals surface area contributed by atoms with Crippen LogP contribution < -0.4 is 10.6 Å². The Balaban J connectivity index is 2.79. The van der Waals surface area contributed by atoms with E-state index >= 15 is 0 Å². The van der Waals surface area contributed by atoms with Gasteiger partial charge in [0.15, 0.2) is 0 Å². The second kappa shape index (κ2) is 3.60. The molecule has 4 nitrogen and oxygen atoms in total. The van der Waals surface area contributed by atoms with E-state index in [1.54, 1.807) is 13.0 Å². The van der Waals surface area contributed by atoms with Crippen molar-refractivity contribution < 1.29 is 9.59 Å². The number of hydrogen-bond acceptors (Lipinski definition) is 2. The molecule has 1 aliphatic heterocycles. The van der Waals surface area contributed by atoms with Crippen molar-refractivity contribution in [3.63, 3.8) is 0 Å². The average Bonchev–Trinajstić information content (AvgIpc) is 2.07. The smallest absolute Gasteiger partial charge is 0.268 e. The van der Waals surface area contributed by atoms with Crippen molar-refractivity contribution in [3.8, 4) is 0 Å².